The highest BCUT2D eigenvalue weighted by molar-refractivity contribution is 6.51. The zero-order chi connectivity index (χ0) is 20.8. The summed E-state index contributed by atoms with van der Waals surface area (Å²) in [5, 5.41) is 11.1. The molecule has 1 N–H and O–H groups in total. The van der Waals surface area contributed by atoms with Crippen LogP contribution in [0.25, 0.3) is 5.76 Å². The lowest BCUT2D eigenvalue weighted by molar-refractivity contribution is -0.132. The topological polar surface area (TPSA) is 89.2 Å². The Morgan fingerprint density at radius 3 is 2.50 bits per heavy atom. The van der Waals surface area contributed by atoms with Crippen molar-refractivity contribution in [1.29, 1.82) is 0 Å². The molecule has 2 aliphatic rings. The quantitative estimate of drug-likeness (QED) is 0.405. The van der Waals surface area contributed by atoms with Crippen LogP contribution < -0.4 is 14.4 Å². The SMILES string of the molecule is Cc1ccc(C2/C(=C(/O)c3ccc4c(c3)OCO4)C(=O)C(=O)N2c2ccccc2)o1. The molecule has 2 aliphatic heterocycles. The molecule has 2 aromatic carbocycles. The molecular weight excluding hydrogens is 386 g/mol. The van der Waals surface area contributed by atoms with E-state index >= 15 is 0 Å². The van der Waals surface area contributed by atoms with Gasteiger partial charge in [0, 0.05) is 11.3 Å². The maximum absolute atomic E-state index is 13.0. The first kappa shape index (κ1) is 18.1. The van der Waals surface area contributed by atoms with Gasteiger partial charge in [0.15, 0.2) is 11.5 Å². The number of furan rings is 1. The normalized spacial score (nSPS) is 19.5. The molecule has 30 heavy (non-hydrogen) atoms. The van der Waals surface area contributed by atoms with E-state index in [1.807, 2.05) is 6.07 Å². The fourth-order valence-corrected chi connectivity index (χ4v) is 3.76. The molecule has 0 bridgehead atoms. The Hall–Kier alpha value is -4.00. The molecule has 1 saturated heterocycles. The summed E-state index contributed by atoms with van der Waals surface area (Å²) in [5.41, 5.74) is 0.832. The van der Waals surface area contributed by atoms with E-state index in [1.165, 1.54) is 4.90 Å². The highest BCUT2D eigenvalue weighted by Gasteiger charge is 2.48. The largest absolute Gasteiger partial charge is 0.507 e. The van der Waals surface area contributed by atoms with Crippen molar-refractivity contribution in [3.63, 3.8) is 0 Å². The zero-order valence-electron chi connectivity index (χ0n) is 16.0. The van der Waals surface area contributed by atoms with Gasteiger partial charge in [0.05, 0.1) is 5.57 Å². The molecule has 1 atom stereocenters. The highest BCUT2D eigenvalue weighted by atomic mass is 16.7. The van der Waals surface area contributed by atoms with Crippen molar-refractivity contribution in [2.45, 2.75) is 13.0 Å². The molecule has 3 aromatic rings. The second-order valence-electron chi connectivity index (χ2n) is 7.02. The van der Waals surface area contributed by atoms with Gasteiger partial charge in [-0.25, -0.2) is 0 Å². The van der Waals surface area contributed by atoms with Gasteiger partial charge in [0.1, 0.15) is 23.3 Å². The predicted molar refractivity (Wildman–Crippen MR) is 107 cm³/mol. The van der Waals surface area contributed by atoms with E-state index in [0.29, 0.717) is 34.3 Å². The van der Waals surface area contributed by atoms with Crippen LogP contribution in [0.4, 0.5) is 5.69 Å². The van der Waals surface area contributed by atoms with Crippen molar-refractivity contribution in [1.82, 2.24) is 0 Å². The fourth-order valence-electron chi connectivity index (χ4n) is 3.76. The lowest BCUT2D eigenvalue weighted by atomic mass is 9.99. The second-order valence-corrected chi connectivity index (χ2v) is 7.02. The fraction of sp³-hybridized carbons (Fsp3) is 0.130. The van der Waals surface area contributed by atoms with Crippen molar-refractivity contribution >= 4 is 23.1 Å². The van der Waals surface area contributed by atoms with E-state index in [-0.39, 0.29) is 18.1 Å². The Kier molecular flexibility index (Phi) is 4.10. The number of anilines is 1. The number of benzene rings is 2. The third-order valence-corrected chi connectivity index (χ3v) is 5.16. The van der Waals surface area contributed by atoms with Gasteiger partial charge in [-0.2, -0.15) is 0 Å². The average Bonchev–Trinajstić information content (AvgIpc) is 3.46. The highest BCUT2D eigenvalue weighted by Crippen LogP contribution is 2.43. The summed E-state index contributed by atoms with van der Waals surface area (Å²) in [4.78, 5) is 27.3. The van der Waals surface area contributed by atoms with E-state index < -0.39 is 17.7 Å². The smallest absolute Gasteiger partial charge is 0.300 e. The van der Waals surface area contributed by atoms with Crippen LogP contribution in [0, 0.1) is 6.92 Å². The molecule has 1 unspecified atom stereocenters. The lowest BCUT2D eigenvalue weighted by Gasteiger charge is -2.23. The van der Waals surface area contributed by atoms with Crippen molar-refractivity contribution in [3.05, 3.63) is 83.3 Å². The summed E-state index contributed by atoms with van der Waals surface area (Å²) >= 11 is 0. The molecule has 0 spiro atoms. The van der Waals surface area contributed by atoms with Crippen LogP contribution in [0.2, 0.25) is 0 Å². The van der Waals surface area contributed by atoms with Crippen LogP contribution in [-0.2, 0) is 9.59 Å². The van der Waals surface area contributed by atoms with Crippen molar-refractivity contribution in [2.75, 3.05) is 11.7 Å². The molecule has 5 rings (SSSR count). The third kappa shape index (κ3) is 2.75. The Bertz CT molecular complexity index is 1190. The number of aliphatic hydroxyl groups is 1. The summed E-state index contributed by atoms with van der Waals surface area (Å²) in [6.45, 7) is 1.86. The lowest BCUT2D eigenvalue weighted by Crippen LogP contribution is -2.29. The van der Waals surface area contributed by atoms with Gasteiger partial charge in [0.25, 0.3) is 11.7 Å². The first-order valence-corrected chi connectivity index (χ1v) is 9.37. The molecule has 7 nitrogen and oxygen atoms in total. The Balaban J connectivity index is 1.70. The Morgan fingerprint density at radius 1 is 1.00 bits per heavy atom. The third-order valence-electron chi connectivity index (χ3n) is 5.16. The number of aliphatic hydroxyl groups excluding tert-OH is 1. The van der Waals surface area contributed by atoms with Crippen LogP contribution in [0.15, 0.2) is 70.7 Å². The number of ketones is 1. The van der Waals surface area contributed by atoms with Crippen LogP contribution in [-0.4, -0.2) is 23.6 Å². The number of carbonyl (C=O) groups excluding carboxylic acids is 2. The van der Waals surface area contributed by atoms with Gasteiger partial charge in [-0.05, 0) is 49.4 Å². The summed E-state index contributed by atoms with van der Waals surface area (Å²) in [7, 11) is 0. The molecule has 7 heteroatoms. The average molecular weight is 403 g/mol. The minimum atomic E-state index is -0.897. The number of hydrogen-bond acceptors (Lipinski definition) is 6. The standard InChI is InChI=1S/C23H17NO6/c1-13-7-9-17(30-13)20-19(21(25)14-8-10-16-18(11-14)29-12-28-16)22(26)23(27)24(20)15-5-3-2-4-6-15/h2-11,20,25H,12H2,1H3/b21-19-. The van der Waals surface area contributed by atoms with Gasteiger partial charge in [-0.15, -0.1) is 0 Å². The molecular formula is C23H17NO6. The van der Waals surface area contributed by atoms with Crippen LogP contribution in [0.1, 0.15) is 23.1 Å². The minimum absolute atomic E-state index is 0.0444. The van der Waals surface area contributed by atoms with E-state index in [1.54, 1.807) is 61.5 Å². The van der Waals surface area contributed by atoms with E-state index in [2.05, 4.69) is 0 Å². The molecule has 150 valence electrons. The summed E-state index contributed by atoms with van der Waals surface area (Å²) in [5.74, 6) is 0.209. The van der Waals surface area contributed by atoms with E-state index in [0.717, 1.165) is 0 Å². The summed E-state index contributed by atoms with van der Waals surface area (Å²) in [6, 6.07) is 16.2. The van der Waals surface area contributed by atoms with Gasteiger partial charge in [-0.3, -0.25) is 14.5 Å². The van der Waals surface area contributed by atoms with Gasteiger partial charge >= 0.3 is 0 Å². The van der Waals surface area contributed by atoms with Crippen LogP contribution in [0.5, 0.6) is 11.5 Å². The van der Waals surface area contributed by atoms with Crippen molar-refractivity contribution < 1.29 is 28.6 Å². The van der Waals surface area contributed by atoms with E-state index in [4.69, 9.17) is 13.9 Å². The van der Waals surface area contributed by atoms with Gasteiger partial charge < -0.3 is 19.0 Å². The number of amides is 1. The predicted octanol–water partition coefficient (Wildman–Crippen LogP) is 3.94. The van der Waals surface area contributed by atoms with Crippen molar-refractivity contribution in [2.24, 2.45) is 0 Å². The Morgan fingerprint density at radius 2 is 1.77 bits per heavy atom. The molecule has 0 aliphatic carbocycles. The number of ether oxygens (including phenoxy) is 2. The summed E-state index contributed by atoms with van der Waals surface area (Å²) in [6.07, 6.45) is 0. The number of fused-ring (bicyclic) bond motifs is 1. The van der Waals surface area contributed by atoms with Gasteiger partial charge in [0.2, 0.25) is 6.79 Å². The number of Topliss-reactive ketones (excluding diaryl/α,β-unsaturated/α-hetero) is 1. The molecule has 0 saturated carbocycles. The first-order chi connectivity index (χ1) is 14.5. The van der Waals surface area contributed by atoms with Crippen LogP contribution >= 0.6 is 0 Å². The molecule has 1 fully saturated rings. The molecule has 3 heterocycles. The number of nitrogens with zero attached hydrogens (tertiary/aromatic N) is 1. The maximum atomic E-state index is 13.0. The van der Waals surface area contributed by atoms with Crippen molar-refractivity contribution in [3.8, 4) is 11.5 Å². The number of aryl methyl sites for hydroxylation is 1. The number of hydrogen-bond donors (Lipinski definition) is 1. The zero-order valence-corrected chi connectivity index (χ0v) is 16.0. The summed E-state index contributed by atoms with van der Waals surface area (Å²) < 4.78 is 16.4. The molecule has 1 aromatic heterocycles. The monoisotopic (exact) mass is 403 g/mol. The number of rotatable bonds is 3. The number of para-hydroxylation sites is 1. The first-order valence-electron chi connectivity index (χ1n) is 9.37. The maximum Gasteiger partial charge on any atom is 0.300 e. The second kappa shape index (κ2) is 6.81. The van der Waals surface area contributed by atoms with Gasteiger partial charge in [-0.1, -0.05) is 18.2 Å². The van der Waals surface area contributed by atoms with Crippen LogP contribution in [0.3, 0.4) is 0 Å². The Labute approximate surface area is 171 Å². The molecule has 0 radical (unpaired) electrons. The minimum Gasteiger partial charge on any atom is -0.507 e. The molecule has 1 amide bonds. The number of carbonyl (C=O) groups is 2. The van der Waals surface area contributed by atoms with E-state index in [9.17, 15) is 14.7 Å².